The van der Waals surface area contributed by atoms with Crippen LogP contribution in [-0.2, 0) is 23.8 Å². The lowest BCUT2D eigenvalue weighted by Gasteiger charge is -2.24. The van der Waals surface area contributed by atoms with Crippen molar-refractivity contribution in [3.05, 3.63) is 30.1 Å². The molecule has 0 spiro atoms. The monoisotopic (exact) mass is 379 g/mol. The smallest absolute Gasteiger partial charge is 0.279 e. The number of aryl methyl sites for hydroxylation is 1. The molecule has 8 heteroatoms. The van der Waals surface area contributed by atoms with E-state index in [0.717, 1.165) is 23.4 Å². The first kappa shape index (κ1) is 19.3. The number of nitrogens with one attached hydrogen (secondary N) is 1. The Morgan fingerprint density at radius 2 is 1.96 bits per heavy atom. The summed E-state index contributed by atoms with van der Waals surface area (Å²) >= 11 is 0. The molecule has 26 heavy (non-hydrogen) atoms. The maximum atomic E-state index is 12.3. The zero-order valence-electron chi connectivity index (χ0n) is 16.2. The van der Waals surface area contributed by atoms with Crippen molar-refractivity contribution < 1.29 is 8.42 Å². The largest absolute Gasteiger partial charge is 0.330 e. The number of imidazole rings is 1. The Kier molecular flexibility index (Phi) is 5.39. The van der Waals surface area contributed by atoms with Gasteiger partial charge in [-0.25, -0.2) is 4.98 Å². The van der Waals surface area contributed by atoms with Crippen LogP contribution in [0.1, 0.15) is 19.7 Å². The summed E-state index contributed by atoms with van der Waals surface area (Å²) in [5.41, 5.74) is 2.11. The van der Waals surface area contributed by atoms with Gasteiger partial charge in [-0.05, 0) is 24.0 Å². The summed E-state index contributed by atoms with van der Waals surface area (Å²) in [5, 5.41) is 0. The molecule has 0 bridgehead atoms. The van der Waals surface area contributed by atoms with Gasteiger partial charge >= 0.3 is 0 Å². The topological polar surface area (TPSA) is 70.5 Å². The molecule has 1 aliphatic rings. The fourth-order valence-corrected chi connectivity index (χ4v) is 4.52. The van der Waals surface area contributed by atoms with Crippen molar-refractivity contribution in [2.24, 2.45) is 18.9 Å². The van der Waals surface area contributed by atoms with Crippen molar-refractivity contribution in [1.29, 1.82) is 0 Å². The Labute approximate surface area is 156 Å². The maximum Gasteiger partial charge on any atom is 0.279 e. The van der Waals surface area contributed by atoms with Gasteiger partial charge in [0.15, 0.2) is 0 Å². The minimum atomic E-state index is -3.44. The minimum absolute atomic E-state index is 0.0860. The SMILES string of the molecule is CC(C)[C@@H]1CN(Cc2nc3ccccc3n2C)C[C@H]1NS(=O)(=O)N(C)C. The van der Waals surface area contributed by atoms with E-state index in [2.05, 4.69) is 34.1 Å². The second-order valence-corrected chi connectivity index (χ2v) is 9.61. The van der Waals surface area contributed by atoms with Gasteiger partial charge in [0.1, 0.15) is 5.82 Å². The lowest BCUT2D eigenvalue weighted by molar-refractivity contribution is 0.288. The summed E-state index contributed by atoms with van der Waals surface area (Å²) in [6.45, 7) is 6.58. The molecule has 0 saturated carbocycles. The Bertz CT molecular complexity index is 875. The van der Waals surface area contributed by atoms with E-state index in [1.54, 1.807) is 14.1 Å². The Morgan fingerprint density at radius 1 is 1.27 bits per heavy atom. The van der Waals surface area contributed by atoms with E-state index in [1.165, 1.54) is 4.31 Å². The van der Waals surface area contributed by atoms with Crippen LogP contribution in [0.25, 0.3) is 11.0 Å². The molecule has 1 fully saturated rings. The van der Waals surface area contributed by atoms with Gasteiger partial charge in [-0.15, -0.1) is 0 Å². The van der Waals surface area contributed by atoms with E-state index in [4.69, 9.17) is 4.98 Å². The third-order valence-electron chi connectivity index (χ3n) is 5.32. The first-order valence-corrected chi connectivity index (χ1v) is 10.5. The molecule has 144 valence electrons. The molecule has 0 aliphatic carbocycles. The van der Waals surface area contributed by atoms with Crippen LogP contribution < -0.4 is 4.72 Å². The van der Waals surface area contributed by atoms with Crippen LogP contribution in [0.15, 0.2) is 24.3 Å². The van der Waals surface area contributed by atoms with Crippen molar-refractivity contribution >= 4 is 21.2 Å². The zero-order valence-corrected chi connectivity index (χ0v) is 17.0. The second-order valence-electron chi connectivity index (χ2n) is 7.69. The predicted octanol–water partition coefficient (Wildman–Crippen LogP) is 1.43. The Balaban J connectivity index is 1.78. The molecular weight excluding hydrogens is 350 g/mol. The van der Waals surface area contributed by atoms with Crippen LogP contribution in [-0.4, -0.2) is 60.4 Å². The summed E-state index contributed by atoms with van der Waals surface area (Å²) in [6, 6.07) is 8.02. The van der Waals surface area contributed by atoms with Crippen molar-refractivity contribution in [3.8, 4) is 0 Å². The lowest BCUT2D eigenvalue weighted by Crippen LogP contribution is -2.46. The summed E-state index contributed by atoms with van der Waals surface area (Å²) in [5.74, 6) is 1.68. The van der Waals surface area contributed by atoms with Crippen LogP contribution in [0.2, 0.25) is 0 Å². The van der Waals surface area contributed by atoms with Crippen LogP contribution in [0, 0.1) is 11.8 Å². The number of nitrogens with zero attached hydrogens (tertiary/aromatic N) is 4. The number of fused-ring (bicyclic) bond motifs is 1. The van der Waals surface area contributed by atoms with Crippen LogP contribution in [0.4, 0.5) is 0 Å². The molecule has 0 radical (unpaired) electrons. The van der Waals surface area contributed by atoms with E-state index in [1.807, 2.05) is 25.2 Å². The van der Waals surface area contributed by atoms with Crippen molar-refractivity contribution in [3.63, 3.8) is 0 Å². The van der Waals surface area contributed by atoms with Crippen molar-refractivity contribution in [2.75, 3.05) is 27.2 Å². The predicted molar refractivity (Wildman–Crippen MR) is 104 cm³/mol. The highest BCUT2D eigenvalue weighted by Gasteiger charge is 2.37. The standard InChI is InChI=1S/C18H29N5O2S/c1-13(2)14-10-23(11-16(14)20-26(24,25)21(3)4)12-18-19-15-8-6-7-9-17(15)22(18)5/h6-9,13-14,16,20H,10-12H2,1-5H3/t14-,16+/m0/s1. The lowest BCUT2D eigenvalue weighted by atomic mass is 9.92. The molecule has 1 aliphatic heterocycles. The molecule has 3 rings (SSSR count). The molecule has 7 nitrogen and oxygen atoms in total. The first-order valence-electron chi connectivity index (χ1n) is 9.01. The first-order chi connectivity index (χ1) is 12.2. The van der Waals surface area contributed by atoms with E-state index >= 15 is 0 Å². The van der Waals surface area contributed by atoms with E-state index in [-0.39, 0.29) is 12.0 Å². The number of hydrogen-bond donors (Lipinski definition) is 1. The number of likely N-dealkylation sites (tertiary alicyclic amines) is 1. The summed E-state index contributed by atoms with van der Waals surface area (Å²) < 4.78 is 30.8. The fourth-order valence-electron chi connectivity index (χ4n) is 3.68. The van der Waals surface area contributed by atoms with Crippen LogP contribution in [0.5, 0.6) is 0 Å². The third-order valence-corrected chi connectivity index (χ3v) is 6.88. The highest BCUT2D eigenvalue weighted by Crippen LogP contribution is 2.27. The normalized spacial score (nSPS) is 22.1. The van der Waals surface area contributed by atoms with Gasteiger partial charge in [-0.2, -0.15) is 17.4 Å². The number of hydrogen-bond acceptors (Lipinski definition) is 4. The Hall–Kier alpha value is -1.48. The van der Waals surface area contributed by atoms with Gasteiger partial charge in [0.05, 0.1) is 17.6 Å². The van der Waals surface area contributed by atoms with Gasteiger partial charge in [-0.3, -0.25) is 4.90 Å². The number of aromatic nitrogens is 2. The Morgan fingerprint density at radius 3 is 2.58 bits per heavy atom. The molecule has 0 unspecified atom stereocenters. The number of benzene rings is 1. The molecule has 2 heterocycles. The van der Waals surface area contributed by atoms with Gasteiger partial charge in [0.25, 0.3) is 10.2 Å². The van der Waals surface area contributed by atoms with Gasteiger partial charge < -0.3 is 4.57 Å². The van der Waals surface area contributed by atoms with Crippen LogP contribution >= 0.6 is 0 Å². The van der Waals surface area contributed by atoms with Crippen molar-refractivity contribution in [1.82, 2.24) is 23.5 Å². The molecule has 1 aromatic heterocycles. The maximum absolute atomic E-state index is 12.3. The summed E-state index contributed by atoms with van der Waals surface area (Å²) in [4.78, 5) is 7.05. The van der Waals surface area contributed by atoms with Gasteiger partial charge in [0, 0.05) is 40.3 Å². The fraction of sp³-hybridized carbons (Fsp3) is 0.611. The quantitative estimate of drug-likeness (QED) is 0.824. The van der Waals surface area contributed by atoms with E-state index in [9.17, 15) is 8.42 Å². The molecule has 1 saturated heterocycles. The molecule has 1 N–H and O–H groups in total. The highest BCUT2D eigenvalue weighted by atomic mass is 32.2. The van der Waals surface area contributed by atoms with Gasteiger partial charge in [-0.1, -0.05) is 26.0 Å². The molecule has 0 amide bonds. The minimum Gasteiger partial charge on any atom is -0.330 e. The zero-order chi connectivity index (χ0) is 19.1. The second kappa shape index (κ2) is 7.26. The molecule has 2 atom stereocenters. The summed E-state index contributed by atoms with van der Waals surface area (Å²) in [6.07, 6.45) is 0. The van der Waals surface area contributed by atoms with Gasteiger partial charge in [0.2, 0.25) is 0 Å². The summed E-state index contributed by atoms with van der Waals surface area (Å²) in [7, 11) is 1.71. The molecule has 2 aromatic rings. The van der Waals surface area contributed by atoms with E-state index < -0.39 is 10.2 Å². The highest BCUT2D eigenvalue weighted by molar-refractivity contribution is 7.87. The number of rotatable bonds is 6. The molecule has 1 aromatic carbocycles. The third kappa shape index (κ3) is 3.78. The van der Waals surface area contributed by atoms with Crippen molar-refractivity contribution in [2.45, 2.75) is 26.4 Å². The molecular formula is C18H29N5O2S. The number of para-hydroxylation sites is 2. The average Bonchev–Trinajstić information content (AvgIpc) is 3.09. The average molecular weight is 380 g/mol. The van der Waals surface area contributed by atoms with E-state index in [0.29, 0.717) is 19.0 Å². The van der Waals surface area contributed by atoms with Crippen LogP contribution in [0.3, 0.4) is 0 Å².